The molecule has 3 saturated heterocycles. The number of nitrogens with two attached hydrogens (primary N) is 2. The standard InChI is InChI=1S/C30H38N12O13P2S2/c1-13-5-40(30(46)39-29(13)45)21-3-15(17(6-43)51-21)54-57(48,59)50-8-19-16(4-22(53-19)42-12-38-24-26(32)34-10-36-28(24)42)55-56(47,58)49-7-18-14(44)2-20(52-18)41-11-37-23-25(31)33-9-35-27(23)41/h5,9-12,14-22,43-44H,2-4,6-8H2,1H3,(H,47,58)(H,48,59)(H2,31,33,35)(H2,32,34,36)(H,39,45,46)/t14-,15-,16-,17+,18+,19+,20+,21+,22+,56?,57?/m0/s1. The number of aryl methyl sites for hydroxylation is 1. The molecule has 0 aliphatic carbocycles. The van der Waals surface area contributed by atoms with Crippen LogP contribution in [0, 0.1) is 6.92 Å². The Morgan fingerprint density at radius 2 is 1.27 bits per heavy atom. The summed E-state index contributed by atoms with van der Waals surface area (Å²) in [6.45, 7) is -8.12. The van der Waals surface area contributed by atoms with E-state index in [2.05, 4.69) is 34.9 Å². The summed E-state index contributed by atoms with van der Waals surface area (Å²) >= 11 is 10.7. The van der Waals surface area contributed by atoms with Gasteiger partial charge in [-0.2, -0.15) is 0 Å². The Kier molecular flexibility index (Phi) is 11.8. The predicted octanol–water partition coefficient (Wildman–Crippen LogP) is -0.858. The molecule has 25 nitrogen and oxygen atoms in total. The molecule has 8 heterocycles. The van der Waals surface area contributed by atoms with E-state index in [-0.39, 0.29) is 43.1 Å². The second-order valence-electron chi connectivity index (χ2n) is 13.8. The first-order valence-corrected chi connectivity index (χ1v) is 23.0. The van der Waals surface area contributed by atoms with Gasteiger partial charge in [0, 0.05) is 31.0 Å². The molecule has 0 aromatic carbocycles. The third-order valence-corrected chi connectivity index (χ3v) is 13.1. The van der Waals surface area contributed by atoms with Crippen LogP contribution in [0.15, 0.2) is 41.1 Å². The molecule has 8 rings (SSSR count). The van der Waals surface area contributed by atoms with Crippen molar-refractivity contribution >= 4 is 71.0 Å². The zero-order chi connectivity index (χ0) is 41.8. The van der Waals surface area contributed by atoms with Gasteiger partial charge in [0.15, 0.2) is 22.9 Å². The van der Waals surface area contributed by atoms with Gasteiger partial charge in [-0.25, -0.2) is 34.7 Å². The summed E-state index contributed by atoms with van der Waals surface area (Å²) in [4.78, 5) is 74.0. The molecule has 0 bridgehead atoms. The lowest BCUT2D eigenvalue weighted by atomic mass is 10.2. The average Bonchev–Trinajstić information content (AvgIpc) is 4.02. The van der Waals surface area contributed by atoms with Crippen LogP contribution in [0.1, 0.15) is 43.5 Å². The van der Waals surface area contributed by atoms with Crippen molar-refractivity contribution in [2.75, 3.05) is 31.3 Å². The number of hydrogen-bond donors (Lipinski definition) is 7. The molecule has 11 atom stereocenters. The van der Waals surface area contributed by atoms with Crippen LogP contribution in [-0.4, -0.2) is 125 Å². The lowest BCUT2D eigenvalue weighted by molar-refractivity contribution is -0.0542. The van der Waals surface area contributed by atoms with Crippen molar-refractivity contribution < 1.29 is 52.3 Å². The number of anilines is 2. The maximum absolute atomic E-state index is 12.5. The number of nitrogen functional groups attached to an aromatic ring is 2. The largest absolute Gasteiger partial charge is 0.394 e. The highest BCUT2D eigenvalue weighted by molar-refractivity contribution is 8.07. The SMILES string of the molecule is Cc1cn([C@H]2C[C@H](OP(O)(=S)OC[C@H]3O[C@@H](n4cnc5c(N)ncnc54)C[C@@H]3OP(O)(=S)OC[C@H]3O[C@@H](n4cnc5c(N)ncnc54)C[C@@H]3O)[C@@H](CO)O2)c(=O)[nH]c1=O. The van der Waals surface area contributed by atoms with Crippen LogP contribution in [0.25, 0.3) is 22.3 Å². The van der Waals surface area contributed by atoms with Crippen LogP contribution in [0.3, 0.4) is 0 Å². The minimum atomic E-state index is -4.15. The number of imidazole rings is 2. The van der Waals surface area contributed by atoms with Crippen molar-refractivity contribution in [1.29, 1.82) is 0 Å². The smallest absolute Gasteiger partial charge is 0.330 e. The first-order chi connectivity index (χ1) is 28.1. The second kappa shape index (κ2) is 16.6. The van der Waals surface area contributed by atoms with Crippen molar-refractivity contribution in [1.82, 2.24) is 48.6 Å². The number of H-pyrrole nitrogens is 1. The van der Waals surface area contributed by atoms with Crippen LogP contribution >= 0.6 is 13.4 Å². The minimum Gasteiger partial charge on any atom is -0.394 e. The van der Waals surface area contributed by atoms with Crippen LogP contribution in [-0.2, 0) is 55.9 Å². The van der Waals surface area contributed by atoms with Gasteiger partial charge in [0.2, 0.25) is 0 Å². The summed E-state index contributed by atoms with van der Waals surface area (Å²) in [6, 6.07) is 0. The first-order valence-electron chi connectivity index (χ1n) is 17.8. The molecule has 9 N–H and O–H groups in total. The van der Waals surface area contributed by atoms with E-state index in [0.29, 0.717) is 22.3 Å². The number of nitrogens with one attached hydrogen (secondary N) is 1. The van der Waals surface area contributed by atoms with Crippen LogP contribution in [0.5, 0.6) is 0 Å². The van der Waals surface area contributed by atoms with Crippen molar-refractivity contribution in [2.45, 2.75) is 81.5 Å². The topological polar surface area (TPSA) is 340 Å². The molecule has 2 unspecified atom stereocenters. The van der Waals surface area contributed by atoms with Gasteiger partial charge in [-0.05, 0) is 30.5 Å². The highest BCUT2D eigenvalue weighted by atomic mass is 32.5. The molecule has 3 aliphatic heterocycles. The Labute approximate surface area is 341 Å². The van der Waals surface area contributed by atoms with E-state index in [9.17, 15) is 29.6 Å². The number of aromatic nitrogens is 10. The summed E-state index contributed by atoms with van der Waals surface area (Å²) in [5, 5.41) is 20.9. The van der Waals surface area contributed by atoms with Crippen molar-refractivity contribution in [3.05, 3.63) is 57.9 Å². The summed E-state index contributed by atoms with van der Waals surface area (Å²) in [7, 11) is 0. The fourth-order valence-electron chi connectivity index (χ4n) is 7.01. The lowest BCUT2D eigenvalue weighted by Crippen LogP contribution is -2.33. The molecule has 5 aromatic rings. The van der Waals surface area contributed by atoms with Gasteiger partial charge >= 0.3 is 19.1 Å². The van der Waals surface area contributed by atoms with E-state index in [0.717, 1.165) is 4.57 Å². The summed E-state index contributed by atoms with van der Waals surface area (Å²) in [6.07, 6.45) is -1.76. The summed E-state index contributed by atoms with van der Waals surface area (Å²) in [5.74, 6) is 0.316. The highest BCUT2D eigenvalue weighted by Gasteiger charge is 2.45. The minimum absolute atomic E-state index is 0.0300. The number of nitrogens with zero attached hydrogens (tertiary/aromatic N) is 9. The molecule has 0 saturated carbocycles. The van der Waals surface area contributed by atoms with Crippen LogP contribution in [0.2, 0.25) is 0 Å². The van der Waals surface area contributed by atoms with Gasteiger partial charge in [-0.1, -0.05) is 0 Å². The Morgan fingerprint density at radius 1 is 0.780 bits per heavy atom. The fourth-order valence-corrected chi connectivity index (χ4v) is 9.96. The third kappa shape index (κ3) is 8.73. The summed E-state index contributed by atoms with van der Waals surface area (Å²) < 4.78 is 45.6. The van der Waals surface area contributed by atoms with Gasteiger partial charge in [-0.3, -0.25) is 23.5 Å². The van der Waals surface area contributed by atoms with Crippen molar-refractivity contribution in [3.8, 4) is 0 Å². The average molecular weight is 901 g/mol. The number of ether oxygens (including phenoxy) is 3. The quantitative estimate of drug-likeness (QED) is 0.0667. The molecule has 5 aromatic heterocycles. The number of rotatable bonds is 14. The van der Waals surface area contributed by atoms with E-state index in [1.165, 1.54) is 38.4 Å². The highest BCUT2D eigenvalue weighted by Crippen LogP contribution is 2.52. The number of aromatic amines is 1. The van der Waals surface area contributed by atoms with Crippen molar-refractivity contribution in [3.63, 3.8) is 0 Å². The van der Waals surface area contributed by atoms with Gasteiger partial charge < -0.3 is 63.8 Å². The predicted molar refractivity (Wildman–Crippen MR) is 209 cm³/mol. The van der Waals surface area contributed by atoms with E-state index in [4.69, 9.17) is 67.4 Å². The zero-order valence-electron chi connectivity index (χ0n) is 30.7. The van der Waals surface area contributed by atoms with Crippen LogP contribution in [0.4, 0.5) is 11.6 Å². The monoisotopic (exact) mass is 900 g/mol. The Bertz CT molecular complexity index is 2580. The van der Waals surface area contributed by atoms with Gasteiger partial charge in [-0.15, -0.1) is 0 Å². The van der Waals surface area contributed by atoms with E-state index >= 15 is 0 Å². The number of fused-ring (bicyclic) bond motifs is 2. The zero-order valence-corrected chi connectivity index (χ0v) is 34.1. The molecule has 29 heteroatoms. The maximum Gasteiger partial charge on any atom is 0.330 e. The molecule has 0 amide bonds. The Morgan fingerprint density at radius 3 is 1.85 bits per heavy atom. The van der Waals surface area contributed by atoms with Crippen LogP contribution < -0.4 is 22.7 Å². The second-order valence-corrected chi connectivity index (χ2v) is 19.4. The molecule has 0 spiro atoms. The van der Waals surface area contributed by atoms with E-state index in [1.54, 1.807) is 9.13 Å². The molecule has 3 fully saturated rings. The summed E-state index contributed by atoms with van der Waals surface area (Å²) in [5.41, 5.74) is 12.3. The molecule has 59 heavy (non-hydrogen) atoms. The molecule has 0 radical (unpaired) electrons. The normalized spacial score (nSPS) is 29.3. The van der Waals surface area contributed by atoms with Gasteiger partial charge in [0.05, 0.1) is 50.8 Å². The van der Waals surface area contributed by atoms with E-state index in [1.807, 2.05) is 0 Å². The number of aliphatic hydroxyl groups is 2. The van der Waals surface area contributed by atoms with Gasteiger partial charge in [0.25, 0.3) is 5.56 Å². The molecular formula is C30H38N12O13P2S2. The van der Waals surface area contributed by atoms with E-state index < -0.39 is 93.2 Å². The molecule has 3 aliphatic rings. The van der Waals surface area contributed by atoms with Gasteiger partial charge in [0.1, 0.15) is 60.7 Å². The maximum atomic E-state index is 12.5. The molecular weight excluding hydrogens is 862 g/mol. The fraction of sp³-hybridized carbons (Fsp3) is 0.533. The van der Waals surface area contributed by atoms with Crippen molar-refractivity contribution in [2.24, 2.45) is 0 Å². The third-order valence-electron chi connectivity index (χ3n) is 9.94. The lowest BCUT2D eigenvalue weighted by Gasteiger charge is -2.27. The first kappa shape index (κ1) is 42.0. The molecule has 318 valence electrons. The Hall–Kier alpha value is -3.76. The number of hydrogen-bond acceptors (Lipinski definition) is 21. The Balaban J connectivity index is 0.946. The number of aliphatic hydroxyl groups excluding tert-OH is 2.